The molecule has 4 heteroatoms. The van der Waals surface area contributed by atoms with Crippen molar-refractivity contribution in [1.82, 2.24) is 4.90 Å². The van der Waals surface area contributed by atoms with Gasteiger partial charge in [0.2, 0.25) is 0 Å². The first-order valence-corrected chi connectivity index (χ1v) is 10.9. The molecule has 1 saturated heterocycles. The average Bonchev–Trinajstić information content (AvgIpc) is 2.71. The predicted octanol–water partition coefficient (Wildman–Crippen LogP) is 4.75. The summed E-state index contributed by atoms with van der Waals surface area (Å²) in [5.74, 6) is 1.72. The van der Waals surface area contributed by atoms with Gasteiger partial charge < -0.3 is 14.6 Å². The van der Waals surface area contributed by atoms with E-state index in [-0.39, 0.29) is 12.0 Å². The Hall–Kier alpha value is -1.26. The Morgan fingerprint density at radius 2 is 1.41 bits per heavy atom. The molecule has 2 unspecified atom stereocenters. The molecule has 1 heterocycles. The molecule has 1 aromatic rings. The Bertz CT molecular complexity index is 544. The van der Waals surface area contributed by atoms with Crippen molar-refractivity contribution in [2.45, 2.75) is 82.3 Å². The van der Waals surface area contributed by atoms with E-state index in [1.165, 1.54) is 57.8 Å². The molecule has 0 amide bonds. The molecular weight excluding hydrogens is 338 g/mol. The Balaban J connectivity index is 1.68. The van der Waals surface area contributed by atoms with E-state index in [4.69, 9.17) is 9.47 Å². The predicted molar refractivity (Wildman–Crippen MR) is 110 cm³/mol. The number of aliphatic hydroxyl groups is 1. The van der Waals surface area contributed by atoms with Crippen molar-refractivity contribution in [3.05, 3.63) is 23.8 Å². The molecule has 1 aliphatic heterocycles. The van der Waals surface area contributed by atoms with Gasteiger partial charge in [-0.15, -0.1) is 0 Å². The monoisotopic (exact) mass is 375 g/mol. The van der Waals surface area contributed by atoms with Crippen LogP contribution in [0.3, 0.4) is 0 Å². The summed E-state index contributed by atoms with van der Waals surface area (Å²) in [6, 6.07) is 6.53. The van der Waals surface area contributed by atoms with Crippen molar-refractivity contribution in [3.8, 4) is 11.5 Å². The summed E-state index contributed by atoms with van der Waals surface area (Å²) < 4.78 is 11.2. The maximum absolute atomic E-state index is 11.0. The number of rotatable bonds is 4. The first-order valence-electron chi connectivity index (χ1n) is 10.9. The van der Waals surface area contributed by atoms with Gasteiger partial charge >= 0.3 is 0 Å². The lowest BCUT2D eigenvalue weighted by molar-refractivity contribution is 0.0229. The SMILES string of the molecule is COc1cccc(OC)c1C1CCN(C2CCCCCCCCC2)CC1O. The number of hydrogen-bond acceptors (Lipinski definition) is 4. The maximum atomic E-state index is 11.0. The number of methoxy groups -OCH3 is 2. The minimum absolute atomic E-state index is 0.0758. The zero-order valence-corrected chi connectivity index (χ0v) is 17.2. The molecule has 2 aliphatic rings. The molecule has 0 aromatic heterocycles. The van der Waals surface area contributed by atoms with Crippen LogP contribution in [-0.2, 0) is 0 Å². The number of likely N-dealkylation sites (tertiary alicyclic amines) is 1. The molecule has 3 rings (SSSR count). The number of aliphatic hydroxyl groups excluding tert-OH is 1. The molecule has 152 valence electrons. The zero-order valence-electron chi connectivity index (χ0n) is 17.2. The summed E-state index contributed by atoms with van der Waals surface area (Å²) in [5.41, 5.74) is 1.03. The zero-order chi connectivity index (χ0) is 19.1. The standard InChI is InChI=1S/C23H37NO3/c1-26-21-13-10-14-22(27-2)23(21)19-15-16-24(17-20(19)25)18-11-8-6-4-3-5-7-9-12-18/h10,13-14,18-20,25H,3-9,11-12,15-17H2,1-2H3. The van der Waals surface area contributed by atoms with Gasteiger partial charge in [-0.3, -0.25) is 4.90 Å². The van der Waals surface area contributed by atoms with Crippen LogP contribution >= 0.6 is 0 Å². The number of piperidine rings is 1. The lowest BCUT2D eigenvalue weighted by Crippen LogP contribution is -2.47. The van der Waals surface area contributed by atoms with Crippen LogP contribution < -0.4 is 9.47 Å². The van der Waals surface area contributed by atoms with Crippen LogP contribution in [0.25, 0.3) is 0 Å². The third kappa shape index (κ3) is 5.17. The minimum Gasteiger partial charge on any atom is -0.496 e. The van der Waals surface area contributed by atoms with E-state index in [0.29, 0.717) is 6.04 Å². The van der Waals surface area contributed by atoms with Crippen molar-refractivity contribution in [2.24, 2.45) is 0 Å². The van der Waals surface area contributed by atoms with E-state index in [0.717, 1.165) is 36.6 Å². The van der Waals surface area contributed by atoms with Gasteiger partial charge in [0.15, 0.2) is 0 Å². The molecule has 2 fully saturated rings. The van der Waals surface area contributed by atoms with Gasteiger partial charge in [0.05, 0.1) is 20.3 Å². The first-order chi connectivity index (χ1) is 13.2. The van der Waals surface area contributed by atoms with Crippen LogP contribution in [0, 0.1) is 0 Å². The third-order valence-corrected chi connectivity index (χ3v) is 6.54. The molecule has 1 aliphatic carbocycles. The Kier molecular flexibility index (Phi) is 7.83. The van der Waals surface area contributed by atoms with Gasteiger partial charge in [-0.1, -0.05) is 51.0 Å². The van der Waals surface area contributed by atoms with Crippen LogP contribution in [0.2, 0.25) is 0 Å². The molecule has 0 bridgehead atoms. The summed E-state index contributed by atoms with van der Waals surface area (Å²) in [5, 5.41) is 11.0. The summed E-state index contributed by atoms with van der Waals surface area (Å²) in [6.07, 6.45) is 12.8. The highest BCUT2D eigenvalue weighted by Gasteiger charge is 2.35. The number of benzene rings is 1. The van der Waals surface area contributed by atoms with Crippen molar-refractivity contribution >= 4 is 0 Å². The normalized spacial score (nSPS) is 26.5. The van der Waals surface area contributed by atoms with Gasteiger partial charge in [0.1, 0.15) is 11.5 Å². The quantitative estimate of drug-likeness (QED) is 0.825. The molecule has 0 spiro atoms. The second kappa shape index (κ2) is 10.3. The van der Waals surface area contributed by atoms with Gasteiger partial charge in [-0.05, 0) is 37.9 Å². The molecular formula is C23H37NO3. The Labute approximate surface area is 164 Å². The highest BCUT2D eigenvalue weighted by atomic mass is 16.5. The molecule has 4 nitrogen and oxygen atoms in total. The smallest absolute Gasteiger partial charge is 0.126 e. The Morgan fingerprint density at radius 1 is 0.852 bits per heavy atom. The maximum Gasteiger partial charge on any atom is 0.126 e. The number of ether oxygens (including phenoxy) is 2. The van der Waals surface area contributed by atoms with E-state index in [1.807, 2.05) is 18.2 Å². The Morgan fingerprint density at radius 3 is 1.93 bits per heavy atom. The van der Waals surface area contributed by atoms with E-state index in [2.05, 4.69) is 4.90 Å². The fourth-order valence-corrected chi connectivity index (χ4v) is 5.02. The van der Waals surface area contributed by atoms with Crippen molar-refractivity contribution in [3.63, 3.8) is 0 Å². The molecule has 1 aromatic carbocycles. The van der Waals surface area contributed by atoms with Crippen LogP contribution in [-0.4, -0.2) is 49.5 Å². The molecule has 0 radical (unpaired) electrons. The number of nitrogens with zero attached hydrogens (tertiary/aromatic N) is 1. The highest BCUT2D eigenvalue weighted by molar-refractivity contribution is 5.48. The summed E-state index contributed by atoms with van der Waals surface area (Å²) in [4.78, 5) is 2.56. The van der Waals surface area contributed by atoms with Crippen molar-refractivity contribution < 1.29 is 14.6 Å². The van der Waals surface area contributed by atoms with Crippen LogP contribution in [0.1, 0.15) is 75.7 Å². The first kappa shape index (κ1) is 20.5. The fourth-order valence-electron chi connectivity index (χ4n) is 5.02. The summed E-state index contributed by atoms with van der Waals surface area (Å²) in [7, 11) is 3.39. The van der Waals surface area contributed by atoms with Crippen LogP contribution in [0.15, 0.2) is 18.2 Å². The molecule has 2 atom stereocenters. The topological polar surface area (TPSA) is 41.9 Å². The van der Waals surface area contributed by atoms with Crippen molar-refractivity contribution in [1.29, 1.82) is 0 Å². The van der Waals surface area contributed by atoms with E-state index in [9.17, 15) is 5.11 Å². The van der Waals surface area contributed by atoms with Gasteiger partial charge in [-0.2, -0.15) is 0 Å². The third-order valence-electron chi connectivity index (χ3n) is 6.54. The second-order valence-corrected chi connectivity index (χ2v) is 8.24. The largest absolute Gasteiger partial charge is 0.496 e. The van der Waals surface area contributed by atoms with E-state index < -0.39 is 0 Å². The van der Waals surface area contributed by atoms with Crippen molar-refractivity contribution in [2.75, 3.05) is 27.3 Å². The van der Waals surface area contributed by atoms with Gasteiger partial charge in [0, 0.05) is 24.1 Å². The highest BCUT2D eigenvalue weighted by Crippen LogP contribution is 2.41. The minimum atomic E-state index is -0.376. The number of β-amino-alcohol motifs (C(OH)–C–C–N with tert-alkyl or cyclic N) is 1. The van der Waals surface area contributed by atoms with E-state index >= 15 is 0 Å². The average molecular weight is 376 g/mol. The number of hydrogen-bond donors (Lipinski definition) is 1. The lowest BCUT2D eigenvalue weighted by Gasteiger charge is -2.41. The van der Waals surface area contributed by atoms with Gasteiger partial charge in [-0.25, -0.2) is 0 Å². The summed E-state index contributed by atoms with van der Waals surface area (Å²) in [6.45, 7) is 1.81. The van der Waals surface area contributed by atoms with Crippen LogP contribution in [0.4, 0.5) is 0 Å². The van der Waals surface area contributed by atoms with Gasteiger partial charge in [0.25, 0.3) is 0 Å². The lowest BCUT2D eigenvalue weighted by atomic mass is 9.84. The summed E-state index contributed by atoms with van der Waals surface area (Å²) >= 11 is 0. The molecule has 1 saturated carbocycles. The fraction of sp³-hybridized carbons (Fsp3) is 0.739. The molecule has 1 N–H and O–H groups in total. The van der Waals surface area contributed by atoms with E-state index in [1.54, 1.807) is 14.2 Å². The second-order valence-electron chi connectivity index (χ2n) is 8.24. The van der Waals surface area contributed by atoms with Crippen LogP contribution in [0.5, 0.6) is 11.5 Å². The molecule has 27 heavy (non-hydrogen) atoms.